The first-order chi connectivity index (χ1) is 12.0. The van der Waals surface area contributed by atoms with Gasteiger partial charge < -0.3 is 10.1 Å². The van der Waals surface area contributed by atoms with Crippen molar-refractivity contribution in [2.75, 3.05) is 12.4 Å². The van der Waals surface area contributed by atoms with E-state index in [0.29, 0.717) is 10.6 Å². The summed E-state index contributed by atoms with van der Waals surface area (Å²) in [7, 11) is 1.34. The molecule has 2 aromatic rings. The lowest BCUT2D eigenvalue weighted by atomic mass is 10.1. The number of ether oxygens (including phenoxy) is 1. The van der Waals surface area contributed by atoms with Crippen LogP contribution in [0.15, 0.2) is 12.3 Å². The predicted molar refractivity (Wildman–Crippen MR) is 99.1 cm³/mol. The second-order valence-corrected chi connectivity index (χ2v) is 7.58. The summed E-state index contributed by atoms with van der Waals surface area (Å²) in [6.45, 7) is 0. The highest BCUT2D eigenvalue weighted by atomic mass is 35.5. The molecular formula is C17H16Cl2N2O3S. The number of aromatic nitrogens is 1. The molecule has 0 radical (unpaired) electrons. The van der Waals surface area contributed by atoms with Crippen LogP contribution in [0.1, 0.15) is 50.4 Å². The molecule has 0 fully saturated rings. The van der Waals surface area contributed by atoms with E-state index in [0.717, 1.165) is 42.5 Å². The van der Waals surface area contributed by atoms with Crippen LogP contribution in [-0.4, -0.2) is 24.0 Å². The number of rotatable bonds is 3. The summed E-state index contributed by atoms with van der Waals surface area (Å²) in [5.41, 5.74) is 1.73. The van der Waals surface area contributed by atoms with Gasteiger partial charge in [-0.1, -0.05) is 29.6 Å². The molecule has 25 heavy (non-hydrogen) atoms. The number of amides is 1. The number of halogens is 2. The van der Waals surface area contributed by atoms with Crippen LogP contribution >= 0.6 is 34.5 Å². The highest BCUT2D eigenvalue weighted by molar-refractivity contribution is 7.17. The van der Waals surface area contributed by atoms with E-state index in [1.807, 2.05) is 0 Å². The van der Waals surface area contributed by atoms with Crippen LogP contribution in [0.4, 0.5) is 5.00 Å². The van der Waals surface area contributed by atoms with E-state index in [-0.39, 0.29) is 15.7 Å². The van der Waals surface area contributed by atoms with Gasteiger partial charge >= 0.3 is 5.97 Å². The third-order valence-electron chi connectivity index (χ3n) is 4.10. The fourth-order valence-electron chi connectivity index (χ4n) is 2.87. The molecule has 0 unspecified atom stereocenters. The molecule has 2 heterocycles. The zero-order valence-electron chi connectivity index (χ0n) is 13.5. The Morgan fingerprint density at radius 3 is 2.72 bits per heavy atom. The number of esters is 1. The standard InChI is InChI=1S/C17H16Cl2N2O3S/c1-24-17(23)13-10-5-3-2-4-6-12(10)25-16(13)21-15(22)9-7-11(18)14(19)20-8-9/h7-8H,2-6H2,1H3,(H,21,22). The number of fused-ring (bicyclic) bond motifs is 1. The number of aryl methyl sites for hydroxylation is 1. The van der Waals surface area contributed by atoms with Crippen LogP contribution in [0.2, 0.25) is 10.2 Å². The molecule has 0 bridgehead atoms. The second kappa shape index (κ2) is 7.72. The van der Waals surface area contributed by atoms with E-state index in [1.165, 1.54) is 30.7 Å². The number of carbonyl (C=O) groups excluding carboxylic acids is 2. The molecular weight excluding hydrogens is 383 g/mol. The Bertz CT molecular complexity index is 836. The smallest absolute Gasteiger partial charge is 0.341 e. The van der Waals surface area contributed by atoms with Gasteiger partial charge in [0.05, 0.1) is 23.3 Å². The molecule has 1 aliphatic rings. The highest BCUT2D eigenvalue weighted by Crippen LogP contribution is 2.38. The van der Waals surface area contributed by atoms with E-state index in [4.69, 9.17) is 27.9 Å². The SMILES string of the molecule is COC(=O)c1c(NC(=O)c2cnc(Cl)c(Cl)c2)sc2c1CCCCC2. The third-order valence-corrected chi connectivity index (χ3v) is 5.99. The summed E-state index contributed by atoms with van der Waals surface area (Å²) < 4.78 is 4.93. The summed E-state index contributed by atoms with van der Waals surface area (Å²) in [5.74, 6) is -0.824. The van der Waals surface area contributed by atoms with E-state index < -0.39 is 11.9 Å². The van der Waals surface area contributed by atoms with Crippen molar-refractivity contribution >= 4 is 51.4 Å². The Kier molecular flexibility index (Phi) is 5.61. The molecule has 0 aliphatic heterocycles. The maximum Gasteiger partial charge on any atom is 0.341 e. The molecule has 1 N–H and O–H groups in total. The first kappa shape index (κ1) is 18.2. The molecule has 5 nitrogen and oxygen atoms in total. The molecule has 3 rings (SSSR count). The average Bonchev–Trinajstić information content (AvgIpc) is 2.77. The number of hydrogen-bond acceptors (Lipinski definition) is 5. The molecule has 0 atom stereocenters. The fraction of sp³-hybridized carbons (Fsp3) is 0.353. The number of carbonyl (C=O) groups is 2. The topological polar surface area (TPSA) is 68.3 Å². The minimum atomic E-state index is -0.429. The number of pyridine rings is 1. The zero-order valence-corrected chi connectivity index (χ0v) is 15.9. The lowest BCUT2D eigenvalue weighted by molar-refractivity contribution is 0.0601. The second-order valence-electron chi connectivity index (χ2n) is 5.71. The number of methoxy groups -OCH3 is 1. The van der Waals surface area contributed by atoms with Crippen molar-refractivity contribution in [2.45, 2.75) is 32.1 Å². The fourth-order valence-corrected chi connectivity index (χ4v) is 4.41. The molecule has 0 aromatic carbocycles. The number of anilines is 1. The lowest BCUT2D eigenvalue weighted by Gasteiger charge is -2.08. The normalized spacial score (nSPS) is 13.7. The zero-order chi connectivity index (χ0) is 18.0. The Hall–Kier alpha value is -1.63. The largest absolute Gasteiger partial charge is 0.465 e. The molecule has 0 spiro atoms. The minimum absolute atomic E-state index is 0.135. The van der Waals surface area contributed by atoms with Gasteiger partial charge in [-0.15, -0.1) is 11.3 Å². The van der Waals surface area contributed by atoms with Crippen molar-refractivity contribution in [3.8, 4) is 0 Å². The first-order valence-electron chi connectivity index (χ1n) is 7.86. The van der Waals surface area contributed by atoms with Gasteiger partial charge in [-0.2, -0.15) is 0 Å². The Morgan fingerprint density at radius 2 is 2.00 bits per heavy atom. The Morgan fingerprint density at radius 1 is 1.24 bits per heavy atom. The minimum Gasteiger partial charge on any atom is -0.465 e. The molecule has 0 saturated carbocycles. The maximum absolute atomic E-state index is 12.5. The first-order valence-corrected chi connectivity index (χ1v) is 9.43. The quantitative estimate of drug-likeness (QED) is 0.459. The van der Waals surface area contributed by atoms with Crippen LogP contribution in [0, 0.1) is 0 Å². The van der Waals surface area contributed by atoms with Crippen molar-refractivity contribution in [2.24, 2.45) is 0 Å². The number of thiophene rings is 1. The van der Waals surface area contributed by atoms with Crippen molar-refractivity contribution in [3.05, 3.63) is 44.0 Å². The van der Waals surface area contributed by atoms with Gasteiger partial charge in [-0.25, -0.2) is 9.78 Å². The van der Waals surface area contributed by atoms with Crippen LogP contribution < -0.4 is 5.32 Å². The van der Waals surface area contributed by atoms with Crippen LogP contribution in [-0.2, 0) is 17.6 Å². The van der Waals surface area contributed by atoms with Gasteiger partial charge in [-0.3, -0.25) is 4.79 Å². The average molecular weight is 399 g/mol. The molecule has 8 heteroatoms. The van der Waals surface area contributed by atoms with Gasteiger partial charge in [0.25, 0.3) is 5.91 Å². The van der Waals surface area contributed by atoms with Crippen molar-refractivity contribution < 1.29 is 14.3 Å². The van der Waals surface area contributed by atoms with Crippen LogP contribution in [0.3, 0.4) is 0 Å². The number of nitrogens with one attached hydrogen (secondary N) is 1. The van der Waals surface area contributed by atoms with Crippen LogP contribution in [0.5, 0.6) is 0 Å². The van der Waals surface area contributed by atoms with E-state index in [9.17, 15) is 9.59 Å². The lowest BCUT2D eigenvalue weighted by Crippen LogP contribution is -2.15. The summed E-state index contributed by atoms with van der Waals surface area (Å²) in [6, 6.07) is 1.45. The number of hydrogen-bond donors (Lipinski definition) is 1. The van der Waals surface area contributed by atoms with Gasteiger partial charge in [0, 0.05) is 11.1 Å². The van der Waals surface area contributed by atoms with Crippen LogP contribution in [0.25, 0.3) is 0 Å². The highest BCUT2D eigenvalue weighted by Gasteiger charge is 2.26. The molecule has 132 valence electrons. The van der Waals surface area contributed by atoms with Gasteiger partial charge in [0.2, 0.25) is 0 Å². The van der Waals surface area contributed by atoms with Gasteiger partial charge in [-0.05, 0) is 37.3 Å². The molecule has 1 amide bonds. The summed E-state index contributed by atoms with van der Waals surface area (Å²) in [6.07, 6.45) is 6.32. The summed E-state index contributed by atoms with van der Waals surface area (Å²) in [5, 5.41) is 3.65. The maximum atomic E-state index is 12.5. The van der Waals surface area contributed by atoms with Crippen molar-refractivity contribution in [1.82, 2.24) is 4.98 Å². The van der Waals surface area contributed by atoms with Gasteiger partial charge in [0.1, 0.15) is 10.2 Å². The van der Waals surface area contributed by atoms with Gasteiger partial charge in [0.15, 0.2) is 0 Å². The molecule has 2 aromatic heterocycles. The summed E-state index contributed by atoms with van der Waals surface area (Å²) >= 11 is 13.1. The Balaban J connectivity index is 1.94. The molecule has 0 saturated heterocycles. The molecule has 1 aliphatic carbocycles. The van der Waals surface area contributed by atoms with Crippen molar-refractivity contribution in [1.29, 1.82) is 0 Å². The van der Waals surface area contributed by atoms with Crippen molar-refractivity contribution in [3.63, 3.8) is 0 Å². The number of nitrogens with zero attached hydrogens (tertiary/aromatic N) is 1. The van der Waals surface area contributed by atoms with E-state index in [1.54, 1.807) is 0 Å². The van der Waals surface area contributed by atoms with E-state index >= 15 is 0 Å². The predicted octanol–water partition coefficient (Wildman–Crippen LogP) is 4.76. The Labute approximate surface area is 159 Å². The van der Waals surface area contributed by atoms with E-state index in [2.05, 4.69) is 10.3 Å². The third kappa shape index (κ3) is 3.81. The monoisotopic (exact) mass is 398 g/mol. The summed E-state index contributed by atoms with van der Waals surface area (Å²) in [4.78, 5) is 29.8.